The van der Waals surface area contributed by atoms with Gasteiger partial charge in [0.2, 0.25) is 0 Å². The molecule has 0 fully saturated rings. The van der Waals surface area contributed by atoms with Crippen molar-refractivity contribution >= 4 is 17.7 Å². The Labute approximate surface area is 70.3 Å². The smallest absolute Gasteiger partial charge is 0.133 e. The minimum Gasteiger partial charge on any atom is -0.206 e. The van der Waals surface area contributed by atoms with Gasteiger partial charge in [-0.15, -0.1) is 0 Å². The average Bonchev–Trinajstić information content (AvgIpc) is 1.99. The molecule has 0 amide bonds. The molecule has 0 N–H and O–H groups in total. The van der Waals surface area contributed by atoms with Gasteiger partial charge in [0.1, 0.15) is 5.82 Å². The number of aryl methyl sites for hydroxylation is 1. The van der Waals surface area contributed by atoms with Crippen LogP contribution in [0, 0.1) is 18.3 Å². The lowest BCUT2D eigenvalue weighted by Gasteiger charge is -1.98. The second-order valence-corrected chi connectivity index (χ2v) is 2.45. The molecule has 0 nitrogen and oxygen atoms in total. The summed E-state index contributed by atoms with van der Waals surface area (Å²) in [4.78, 5) is 0. The molecule has 0 saturated carbocycles. The van der Waals surface area contributed by atoms with Crippen molar-refractivity contribution in [2.75, 3.05) is 0 Å². The molecule has 0 aliphatic rings. The van der Waals surface area contributed by atoms with E-state index in [1.807, 2.05) is 0 Å². The van der Waals surface area contributed by atoms with Crippen LogP contribution in [-0.4, -0.2) is 0 Å². The van der Waals surface area contributed by atoms with Crippen LogP contribution in [0.4, 0.5) is 4.39 Å². The molecule has 57 valence electrons. The summed E-state index contributed by atoms with van der Waals surface area (Å²) in [6.45, 7) is 1.71. The molecule has 11 heavy (non-hydrogen) atoms. The molecule has 0 spiro atoms. The lowest BCUT2D eigenvalue weighted by molar-refractivity contribution is 0.616. The molecular formula is C9H7ClF. The van der Waals surface area contributed by atoms with Crippen LogP contribution in [0.25, 0.3) is 6.08 Å². The summed E-state index contributed by atoms with van der Waals surface area (Å²) in [7, 11) is 0. The van der Waals surface area contributed by atoms with Gasteiger partial charge in [-0.1, -0.05) is 29.8 Å². The van der Waals surface area contributed by atoms with E-state index in [0.717, 1.165) is 0 Å². The van der Waals surface area contributed by atoms with E-state index in [-0.39, 0.29) is 5.82 Å². The molecule has 0 aliphatic carbocycles. The van der Waals surface area contributed by atoms with Crippen LogP contribution >= 0.6 is 11.6 Å². The van der Waals surface area contributed by atoms with Gasteiger partial charge < -0.3 is 0 Å². The normalized spacial score (nSPS) is 10.8. The Kier molecular flexibility index (Phi) is 2.66. The molecule has 0 saturated heterocycles. The van der Waals surface area contributed by atoms with E-state index < -0.39 is 0 Å². The van der Waals surface area contributed by atoms with Crippen molar-refractivity contribution in [1.29, 1.82) is 0 Å². The zero-order chi connectivity index (χ0) is 8.27. The van der Waals surface area contributed by atoms with E-state index in [4.69, 9.17) is 11.6 Å². The first-order valence-corrected chi connectivity index (χ1v) is 3.58. The van der Waals surface area contributed by atoms with E-state index in [1.165, 1.54) is 6.08 Å². The van der Waals surface area contributed by atoms with Crippen LogP contribution in [0.15, 0.2) is 18.2 Å². The lowest BCUT2D eigenvalue weighted by Crippen LogP contribution is -1.85. The maximum atomic E-state index is 13.1. The Morgan fingerprint density at radius 3 is 2.91 bits per heavy atom. The molecule has 0 heterocycles. The van der Waals surface area contributed by atoms with E-state index in [0.29, 0.717) is 11.1 Å². The fourth-order valence-electron chi connectivity index (χ4n) is 0.840. The number of halogens is 2. The second-order valence-electron chi connectivity index (χ2n) is 2.23. The van der Waals surface area contributed by atoms with Crippen LogP contribution in [0.5, 0.6) is 0 Å². The second kappa shape index (κ2) is 3.54. The molecular weight excluding hydrogens is 163 g/mol. The topological polar surface area (TPSA) is 0 Å². The van der Waals surface area contributed by atoms with Crippen molar-refractivity contribution in [3.05, 3.63) is 40.7 Å². The highest BCUT2D eigenvalue weighted by Crippen LogP contribution is 2.13. The highest BCUT2D eigenvalue weighted by Gasteiger charge is 1.99. The first-order chi connectivity index (χ1) is 5.25. The fourth-order valence-corrected chi connectivity index (χ4v) is 0.958. The van der Waals surface area contributed by atoms with Crippen LogP contribution < -0.4 is 0 Å². The Morgan fingerprint density at radius 2 is 2.27 bits per heavy atom. The van der Waals surface area contributed by atoms with Crippen molar-refractivity contribution in [3.8, 4) is 0 Å². The molecule has 2 heteroatoms. The molecule has 0 bridgehead atoms. The molecule has 1 aromatic carbocycles. The van der Waals surface area contributed by atoms with E-state index >= 15 is 0 Å². The van der Waals surface area contributed by atoms with Gasteiger partial charge in [-0.2, -0.15) is 0 Å². The monoisotopic (exact) mass is 169 g/mol. The van der Waals surface area contributed by atoms with Crippen molar-refractivity contribution < 1.29 is 4.39 Å². The molecule has 0 aliphatic heterocycles. The van der Waals surface area contributed by atoms with Crippen molar-refractivity contribution in [1.82, 2.24) is 0 Å². The highest BCUT2D eigenvalue weighted by molar-refractivity contribution is 6.23. The van der Waals surface area contributed by atoms with Gasteiger partial charge in [-0.05, 0) is 18.6 Å². The van der Waals surface area contributed by atoms with E-state index in [1.54, 1.807) is 25.1 Å². The van der Waals surface area contributed by atoms with E-state index in [9.17, 15) is 4.39 Å². The van der Waals surface area contributed by atoms with E-state index in [2.05, 4.69) is 5.54 Å². The third kappa shape index (κ3) is 1.81. The third-order valence-electron chi connectivity index (χ3n) is 1.43. The van der Waals surface area contributed by atoms with Crippen LogP contribution in [0.1, 0.15) is 11.1 Å². The van der Waals surface area contributed by atoms with Gasteiger partial charge in [0, 0.05) is 5.56 Å². The first-order valence-electron chi connectivity index (χ1n) is 3.20. The lowest BCUT2D eigenvalue weighted by atomic mass is 10.1. The fraction of sp³-hybridized carbons (Fsp3) is 0.111. The highest BCUT2D eigenvalue weighted by atomic mass is 35.5. The quantitative estimate of drug-likeness (QED) is 0.606. The van der Waals surface area contributed by atoms with Gasteiger partial charge in [0.05, 0.1) is 5.54 Å². The van der Waals surface area contributed by atoms with Gasteiger partial charge in [0.25, 0.3) is 0 Å². The third-order valence-corrected chi connectivity index (χ3v) is 1.54. The molecule has 0 atom stereocenters. The van der Waals surface area contributed by atoms with Crippen molar-refractivity contribution in [3.63, 3.8) is 0 Å². The maximum Gasteiger partial charge on any atom is 0.133 e. The summed E-state index contributed by atoms with van der Waals surface area (Å²) in [6.07, 6.45) is 1.41. The van der Waals surface area contributed by atoms with Gasteiger partial charge >= 0.3 is 0 Å². The summed E-state index contributed by atoms with van der Waals surface area (Å²) in [5.74, 6) is -0.236. The summed E-state index contributed by atoms with van der Waals surface area (Å²) < 4.78 is 13.1. The standard InChI is InChI=1S/C9H7ClF/c1-7-3-2-4-8(5-6-10)9(7)11/h2-5H,1H3. The zero-order valence-corrected chi connectivity index (χ0v) is 6.82. The maximum absolute atomic E-state index is 13.1. The van der Waals surface area contributed by atoms with Crippen LogP contribution in [-0.2, 0) is 0 Å². The summed E-state index contributed by atoms with van der Waals surface area (Å²) in [6, 6.07) is 5.14. The minimum atomic E-state index is -0.236. The molecule has 0 unspecified atom stereocenters. The molecule has 0 aromatic heterocycles. The predicted octanol–water partition coefficient (Wildman–Crippen LogP) is 3.15. The Hall–Kier alpha value is -0.820. The van der Waals surface area contributed by atoms with Gasteiger partial charge in [-0.25, -0.2) is 4.39 Å². The number of benzene rings is 1. The summed E-state index contributed by atoms with van der Waals surface area (Å²) >= 11 is 5.19. The predicted molar refractivity (Wildman–Crippen MR) is 44.7 cm³/mol. The largest absolute Gasteiger partial charge is 0.206 e. The Morgan fingerprint density at radius 1 is 1.55 bits per heavy atom. The Balaban J connectivity index is 3.16. The summed E-state index contributed by atoms with van der Waals surface area (Å²) in [5.41, 5.74) is 3.35. The van der Waals surface area contributed by atoms with Gasteiger partial charge in [0.15, 0.2) is 0 Å². The molecule has 1 rings (SSSR count). The van der Waals surface area contributed by atoms with Crippen LogP contribution in [0.3, 0.4) is 0 Å². The Bertz CT molecular complexity index is 279. The minimum absolute atomic E-state index is 0.236. The summed E-state index contributed by atoms with van der Waals surface area (Å²) in [5, 5.41) is 0. The van der Waals surface area contributed by atoms with Crippen molar-refractivity contribution in [2.24, 2.45) is 0 Å². The van der Waals surface area contributed by atoms with Gasteiger partial charge in [-0.3, -0.25) is 0 Å². The number of hydrogen-bond acceptors (Lipinski definition) is 0. The number of rotatable bonds is 1. The SMILES string of the molecule is Cc1cccc(C=[C]Cl)c1F. The molecule has 1 radical (unpaired) electrons. The zero-order valence-electron chi connectivity index (χ0n) is 6.07. The first kappa shape index (κ1) is 8.28. The van der Waals surface area contributed by atoms with Crippen molar-refractivity contribution in [2.45, 2.75) is 6.92 Å². The number of hydrogen-bond donors (Lipinski definition) is 0. The molecule has 1 aromatic rings. The van der Waals surface area contributed by atoms with Crippen LogP contribution in [0.2, 0.25) is 0 Å². The average molecular weight is 170 g/mol.